The van der Waals surface area contributed by atoms with Gasteiger partial charge < -0.3 is 5.32 Å². The molecular weight excluding hydrogens is 242 g/mol. The summed E-state index contributed by atoms with van der Waals surface area (Å²) in [5, 5.41) is 23.0. The predicted octanol–water partition coefficient (Wildman–Crippen LogP) is 3.70. The Bertz CT molecular complexity index is 494. The predicted molar refractivity (Wildman–Crippen MR) is 75.0 cm³/mol. The molecule has 102 valence electrons. The molecule has 0 saturated carbocycles. The number of rotatable bonds is 6. The van der Waals surface area contributed by atoms with E-state index in [1.54, 1.807) is 6.07 Å². The SMILES string of the molecule is CCC(C)CC(C)Nc1ccc([N+](=O)[O-])cc1C#N. The number of hydrogen-bond acceptors (Lipinski definition) is 4. The van der Waals surface area contributed by atoms with Crippen LogP contribution in [0.4, 0.5) is 11.4 Å². The molecule has 0 spiro atoms. The second-order valence-corrected chi connectivity index (χ2v) is 4.89. The smallest absolute Gasteiger partial charge is 0.270 e. The van der Waals surface area contributed by atoms with Gasteiger partial charge in [0.25, 0.3) is 5.69 Å². The maximum absolute atomic E-state index is 10.7. The average Bonchev–Trinajstić information content (AvgIpc) is 2.38. The minimum atomic E-state index is -0.493. The van der Waals surface area contributed by atoms with Gasteiger partial charge in [-0.25, -0.2) is 0 Å². The van der Waals surface area contributed by atoms with Crippen LogP contribution in [0.1, 0.15) is 39.2 Å². The summed E-state index contributed by atoms with van der Waals surface area (Å²) in [6.07, 6.45) is 2.11. The largest absolute Gasteiger partial charge is 0.382 e. The van der Waals surface area contributed by atoms with Crippen molar-refractivity contribution in [3.05, 3.63) is 33.9 Å². The van der Waals surface area contributed by atoms with Crippen molar-refractivity contribution in [2.45, 2.75) is 39.7 Å². The molecule has 2 unspecified atom stereocenters. The number of anilines is 1. The summed E-state index contributed by atoms with van der Waals surface area (Å²) < 4.78 is 0. The monoisotopic (exact) mass is 261 g/mol. The van der Waals surface area contributed by atoms with Crippen molar-refractivity contribution in [2.75, 3.05) is 5.32 Å². The van der Waals surface area contributed by atoms with Crippen LogP contribution in [0.25, 0.3) is 0 Å². The number of nitro benzene ring substituents is 1. The van der Waals surface area contributed by atoms with Gasteiger partial charge in [0, 0.05) is 18.2 Å². The van der Waals surface area contributed by atoms with Gasteiger partial charge in [0.1, 0.15) is 6.07 Å². The first-order valence-electron chi connectivity index (χ1n) is 6.43. The van der Waals surface area contributed by atoms with Crippen molar-refractivity contribution in [3.8, 4) is 6.07 Å². The van der Waals surface area contributed by atoms with Gasteiger partial charge in [0.05, 0.1) is 16.2 Å². The zero-order valence-electron chi connectivity index (χ0n) is 11.5. The lowest BCUT2D eigenvalue weighted by molar-refractivity contribution is -0.384. The molecule has 1 aromatic carbocycles. The maximum Gasteiger partial charge on any atom is 0.270 e. The second-order valence-electron chi connectivity index (χ2n) is 4.89. The molecule has 0 amide bonds. The van der Waals surface area contributed by atoms with E-state index in [9.17, 15) is 10.1 Å². The first-order valence-corrected chi connectivity index (χ1v) is 6.43. The lowest BCUT2D eigenvalue weighted by Gasteiger charge is -2.19. The molecule has 0 aromatic heterocycles. The first-order chi connectivity index (χ1) is 8.97. The Hall–Kier alpha value is -2.09. The lowest BCUT2D eigenvalue weighted by atomic mass is 10.00. The fourth-order valence-corrected chi connectivity index (χ4v) is 1.96. The number of nitrogens with one attached hydrogen (secondary N) is 1. The number of nitro groups is 1. The summed E-state index contributed by atoms with van der Waals surface area (Å²) in [6.45, 7) is 6.37. The molecule has 0 aliphatic heterocycles. The summed E-state index contributed by atoms with van der Waals surface area (Å²) in [6, 6.07) is 6.54. The van der Waals surface area contributed by atoms with E-state index in [4.69, 9.17) is 5.26 Å². The third kappa shape index (κ3) is 4.25. The van der Waals surface area contributed by atoms with Gasteiger partial charge in [-0.15, -0.1) is 0 Å². The molecule has 0 aliphatic rings. The number of hydrogen-bond donors (Lipinski definition) is 1. The van der Waals surface area contributed by atoms with Gasteiger partial charge in [0.15, 0.2) is 0 Å². The van der Waals surface area contributed by atoms with Crippen LogP contribution in [0.5, 0.6) is 0 Å². The Morgan fingerprint density at radius 1 is 1.47 bits per heavy atom. The van der Waals surface area contributed by atoms with Gasteiger partial charge in [-0.1, -0.05) is 20.3 Å². The fraction of sp³-hybridized carbons (Fsp3) is 0.500. The highest BCUT2D eigenvalue weighted by Gasteiger charge is 2.13. The molecule has 0 saturated heterocycles. The molecule has 0 radical (unpaired) electrons. The van der Waals surface area contributed by atoms with Crippen molar-refractivity contribution >= 4 is 11.4 Å². The van der Waals surface area contributed by atoms with E-state index in [1.807, 2.05) is 6.07 Å². The second kappa shape index (κ2) is 6.74. The van der Waals surface area contributed by atoms with Crippen LogP contribution in [-0.2, 0) is 0 Å². The van der Waals surface area contributed by atoms with Crippen molar-refractivity contribution in [1.82, 2.24) is 0 Å². The normalized spacial score (nSPS) is 13.4. The minimum Gasteiger partial charge on any atom is -0.382 e. The molecular formula is C14H19N3O2. The Kier molecular flexibility index (Phi) is 5.31. The minimum absolute atomic E-state index is 0.0586. The molecule has 5 heteroatoms. The van der Waals surface area contributed by atoms with Gasteiger partial charge in [-0.2, -0.15) is 5.26 Å². The molecule has 0 aliphatic carbocycles. The molecule has 0 bridgehead atoms. The Labute approximate surface area is 113 Å². The zero-order valence-corrected chi connectivity index (χ0v) is 11.5. The highest BCUT2D eigenvalue weighted by Crippen LogP contribution is 2.23. The van der Waals surface area contributed by atoms with E-state index in [2.05, 4.69) is 26.1 Å². The van der Waals surface area contributed by atoms with Crippen LogP contribution in [0, 0.1) is 27.4 Å². The van der Waals surface area contributed by atoms with Crippen molar-refractivity contribution in [3.63, 3.8) is 0 Å². The molecule has 2 atom stereocenters. The lowest BCUT2D eigenvalue weighted by Crippen LogP contribution is -2.18. The topological polar surface area (TPSA) is 79.0 Å². The van der Waals surface area contributed by atoms with Crippen molar-refractivity contribution in [2.24, 2.45) is 5.92 Å². The molecule has 19 heavy (non-hydrogen) atoms. The van der Waals surface area contributed by atoms with Crippen LogP contribution in [0.15, 0.2) is 18.2 Å². The van der Waals surface area contributed by atoms with Gasteiger partial charge in [0.2, 0.25) is 0 Å². The molecule has 0 fully saturated rings. The van der Waals surface area contributed by atoms with Crippen LogP contribution < -0.4 is 5.32 Å². The standard InChI is InChI=1S/C14H19N3O2/c1-4-10(2)7-11(3)16-14-6-5-13(17(18)19)8-12(14)9-15/h5-6,8,10-11,16H,4,7H2,1-3H3. The van der Waals surface area contributed by atoms with Crippen LogP contribution in [-0.4, -0.2) is 11.0 Å². The Morgan fingerprint density at radius 2 is 2.16 bits per heavy atom. The third-order valence-electron chi connectivity index (χ3n) is 3.19. The van der Waals surface area contributed by atoms with Crippen molar-refractivity contribution in [1.29, 1.82) is 5.26 Å². The number of nitrogens with zero attached hydrogens (tertiary/aromatic N) is 2. The maximum atomic E-state index is 10.7. The fourth-order valence-electron chi connectivity index (χ4n) is 1.96. The summed E-state index contributed by atoms with van der Waals surface area (Å²) in [5.74, 6) is 0.603. The Morgan fingerprint density at radius 3 is 2.68 bits per heavy atom. The zero-order chi connectivity index (χ0) is 14.4. The molecule has 0 heterocycles. The van der Waals surface area contributed by atoms with Crippen LogP contribution in [0.3, 0.4) is 0 Å². The first kappa shape index (κ1) is 15.0. The van der Waals surface area contributed by atoms with Crippen LogP contribution >= 0.6 is 0 Å². The summed E-state index contributed by atoms with van der Waals surface area (Å²) in [5.41, 5.74) is 0.908. The molecule has 1 aromatic rings. The van der Waals surface area contributed by atoms with E-state index in [1.165, 1.54) is 12.1 Å². The van der Waals surface area contributed by atoms with Gasteiger partial charge >= 0.3 is 0 Å². The van der Waals surface area contributed by atoms with Gasteiger partial charge in [-0.3, -0.25) is 10.1 Å². The van der Waals surface area contributed by atoms with E-state index < -0.39 is 4.92 Å². The average molecular weight is 261 g/mol. The molecule has 1 N–H and O–H groups in total. The third-order valence-corrected chi connectivity index (χ3v) is 3.19. The van der Waals surface area contributed by atoms with Crippen LogP contribution in [0.2, 0.25) is 0 Å². The van der Waals surface area contributed by atoms with Crippen molar-refractivity contribution < 1.29 is 4.92 Å². The Balaban J connectivity index is 2.84. The highest BCUT2D eigenvalue weighted by atomic mass is 16.6. The summed E-state index contributed by atoms with van der Waals surface area (Å²) >= 11 is 0. The van der Waals surface area contributed by atoms with Gasteiger partial charge in [-0.05, 0) is 25.3 Å². The quantitative estimate of drug-likeness (QED) is 0.625. The van der Waals surface area contributed by atoms with E-state index >= 15 is 0 Å². The highest BCUT2D eigenvalue weighted by molar-refractivity contribution is 5.61. The van der Waals surface area contributed by atoms with E-state index in [0.29, 0.717) is 17.2 Å². The number of benzene rings is 1. The number of non-ortho nitro benzene ring substituents is 1. The van der Waals surface area contributed by atoms with E-state index in [-0.39, 0.29) is 11.7 Å². The number of nitriles is 1. The summed E-state index contributed by atoms with van der Waals surface area (Å²) in [4.78, 5) is 10.2. The summed E-state index contributed by atoms with van der Waals surface area (Å²) in [7, 11) is 0. The molecule has 1 rings (SSSR count). The van der Waals surface area contributed by atoms with E-state index in [0.717, 1.165) is 12.8 Å². The molecule has 5 nitrogen and oxygen atoms in total.